The van der Waals surface area contributed by atoms with Crippen molar-refractivity contribution in [3.63, 3.8) is 0 Å². The van der Waals surface area contributed by atoms with Crippen LogP contribution in [0.2, 0.25) is 0 Å². The lowest BCUT2D eigenvalue weighted by Crippen LogP contribution is -2.41. The van der Waals surface area contributed by atoms with Gasteiger partial charge in [0.15, 0.2) is 0 Å². The fraction of sp³-hybridized carbons (Fsp3) is 0.357. The van der Waals surface area contributed by atoms with Crippen LogP contribution in [-0.2, 0) is 11.3 Å². The highest BCUT2D eigenvalue weighted by Crippen LogP contribution is 2.25. The smallest absolute Gasteiger partial charge is 0.262 e. The molecule has 6 nitrogen and oxygen atoms in total. The summed E-state index contributed by atoms with van der Waals surface area (Å²) in [5, 5.41) is 5.01. The zero-order chi connectivity index (χ0) is 15.1. The van der Waals surface area contributed by atoms with E-state index in [0.717, 1.165) is 4.88 Å². The average molecular weight is 304 g/mol. The molecular formula is C14H16N4O2S. The Morgan fingerprint density at radius 1 is 1.57 bits per heavy atom. The third kappa shape index (κ3) is 2.18. The second-order valence-corrected chi connectivity index (χ2v) is 6.07. The zero-order valence-corrected chi connectivity index (χ0v) is 12.5. The van der Waals surface area contributed by atoms with E-state index in [4.69, 9.17) is 5.73 Å². The van der Waals surface area contributed by atoms with Crippen LogP contribution in [0.25, 0.3) is 10.9 Å². The van der Waals surface area contributed by atoms with Gasteiger partial charge in [-0.2, -0.15) is 0 Å². The number of aromatic nitrogens is 2. The van der Waals surface area contributed by atoms with Gasteiger partial charge in [-0.3, -0.25) is 14.2 Å². The first-order chi connectivity index (χ1) is 10.0. The number of nitrogens with two attached hydrogens (primary N) is 1. The van der Waals surface area contributed by atoms with Crippen molar-refractivity contribution in [2.24, 2.45) is 5.73 Å². The summed E-state index contributed by atoms with van der Waals surface area (Å²) >= 11 is 1.43. The number of nitrogens with one attached hydrogen (secondary N) is 1. The molecule has 0 bridgehead atoms. The molecule has 1 fully saturated rings. The summed E-state index contributed by atoms with van der Waals surface area (Å²) in [4.78, 5) is 30.2. The monoisotopic (exact) mass is 304 g/mol. The van der Waals surface area contributed by atoms with Gasteiger partial charge in [0.25, 0.3) is 5.56 Å². The molecule has 1 aliphatic rings. The van der Waals surface area contributed by atoms with Gasteiger partial charge in [-0.05, 0) is 19.8 Å². The molecule has 3 N–H and O–H groups in total. The molecule has 0 spiro atoms. The SMILES string of the molecule is C=C1CCC(n2c(C)nc3c(CN)scc3c2=O)C(=O)N1. The minimum absolute atomic E-state index is 0.180. The number of thiophene rings is 1. The molecule has 3 heterocycles. The van der Waals surface area contributed by atoms with Crippen LogP contribution in [0.1, 0.15) is 29.6 Å². The lowest BCUT2D eigenvalue weighted by atomic mass is 10.0. The maximum Gasteiger partial charge on any atom is 0.262 e. The Kier molecular flexibility index (Phi) is 3.38. The highest BCUT2D eigenvalue weighted by Gasteiger charge is 2.28. The predicted molar refractivity (Wildman–Crippen MR) is 82.1 cm³/mol. The second-order valence-electron chi connectivity index (χ2n) is 5.11. The van der Waals surface area contributed by atoms with E-state index >= 15 is 0 Å². The minimum atomic E-state index is -0.527. The lowest BCUT2D eigenvalue weighted by Gasteiger charge is -2.26. The van der Waals surface area contributed by atoms with Crippen LogP contribution in [0, 0.1) is 6.92 Å². The molecule has 1 aliphatic heterocycles. The van der Waals surface area contributed by atoms with Crippen LogP contribution in [0.4, 0.5) is 0 Å². The Labute approximate surface area is 125 Å². The molecule has 7 heteroatoms. The van der Waals surface area contributed by atoms with Gasteiger partial charge in [-0.15, -0.1) is 11.3 Å². The van der Waals surface area contributed by atoms with Crippen LogP contribution in [-0.4, -0.2) is 15.5 Å². The van der Waals surface area contributed by atoms with Crippen molar-refractivity contribution in [1.82, 2.24) is 14.9 Å². The van der Waals surface area contributed by atoms with Gasteiger partial charge in [0.1, 0.15) is 11.9 Å². The van der Waals surface area contributed by atoms with E-state index in [2.05, 4.69) is 16.9 Å². The molecular weight excluding hydrogens is 288 g/mol. The Morgan fingerprint density at radius 2 is 2.33 bits per heavy atom. The quantitative estimate of drug-likeness (QED) is 0.872. The fourth-order valence-corrected chi connectivity index (χ4v) is 3.51. The molecule has 2 aromatic heterocycles. The molecule has 1 saturated heterocycles. The molecule has 21 heavy (non-hydrogen) atoms. The van der Waals surface area contributed by atoms with Gasteiger partial charge in [-0.25, -0.2) is 4.98 Å². The van der Waals surface area contributed by atoms with Crippen LogP contribution < -0.4 is 16.6 Å². The standard InChI is InChI=1S/C14H16N4O2S/c1-7-3-4-10(13(19)16-7)18-8(2)17-12-9(14(18)20)6-21-11(12)5-15/h6,10H,1,3-5,15H2,2H3,(H,16,19). The van der Waals surface area contributed by atoms with Crippen molar-refractivity contribution in [2.75, 3.05) is 0 Å². The number of amides is 1. The lowest BCUT2D eigenvalue weighted by molar-refractivity contribution is -0.124. The number of aryl methyl sites for hydroxylation is 1. The van der Waals surface area contributed by atoms with Crippen molar-refractivity contribution in [3.05, 3.63) is 38.7 Å². The number of fused-ring (bicyclic) bond motifs is 1. The van der Waals surface area contributed by atoms with Crippen LogP contribution in [0.3, 0.4) is 0 Å². The summed E-state index contributed by atoms with van der Waals surface area (Å²) in [6.07, 6.45) is 1.23. The third-order valence-corrected chi connectivity index (χ3v) is 4.73. The molecule has 0 saturated carbocycles. The largest absolute Gasteiger partial charge is 0.329 e. The first-order valence-electron chi connectivity index (χ1n) is 6.71. The number of hydrogen-bond acceptors (Lipinski definition) is 5. The van der Waals surface area contributed by atoms with Crippen molar-refractivity contribution in [3.8, 4) is 0 Å². The maximum atomic E-state index is 12.7. The Hall–Kier alpha value is -1.99. The van der Waals surface area contributed by atoms with Gasteiger partial charge in [0.05, 0.1) is 10.9 Å². The topological polar surface area (TPSA) is 90.0 Å². The number of allylic oxidation sites excluding steroid dienone is 1. The molecule has 0 aromatic carbocycles. The first kappa shape index (κ1) is 14.0. The molecule has 2 aromatic rings. The second kappa shape index (κ2) is 5.09. The Morgan fingerprint density at radius 3 is 3.00 bits per heavy atom. The summed E-state index contributed by atoms with van der Waals surface area (Å²) in [7, 11) is 0. The molecule has 0 radical (unpaired) electrons. The molecule has 3 rings (SSSR count). The molecule has 0 aliphatic carbocycles. The van der Waals surface area contributed by atoms with Crippen molar-refractivity contribution >= 4 is 28.1 Å². The van der Waals surface area contributed by atoms with Gasteiger partial charge in [0.2, 0.25) is 5.91 Å². The third-order valence-electron chi connectivity index (χ3n) is 3.73. The normalized spacial score (nSPS) is 19.0. The predicted octanol–water partition coefficient (Wildman–Crippen LogP) is 1.19. The average Bonchev–Trinajstić information content (AvgIpc) is 2.84. The van der Waals surface area contributed by atoms with E-state index in [1.165, 1.54) is 15.9 Å². The van der Waals surface area contributed by atoms with Gasteiger partial charge >= 0.3 is 0 Å². The minimum Gasteiger partial charge on any atom is -0.329 e. The Balaban J connectivity index is 2.17. The molecule has 1 unspecified atom stereocenters. The maximum absolute atomic E-state index is 12.7. The zero-order valence-electron chi connectivity index (χ0n) is 11.7. The molecule has 1 atom stereocenters. The van der Waals surface area contributed by atoms with E-state index in [9.17, 15) is 9.59 Å². The number of rotatable bonds is 2. The first-order valence-corrected chi connectivity index (χ1v) is 7.58. The van der Waals surface area contributed by atoms with Crippen LogP contribution >= 0.6 is 11.3 Å². The summed E-state index contributed by atoms with van der Waals surface area (Å²) < 4.78 is 1.48. The van der Waals surface area contributed by atoms with Crippen LogP contribution in [0.5, 0.6) is 0 Å². The van der Waals surface area contributed by atoms with E-state index in [1.54, 1.807) is 12.3 Å². The number of piperidine rings is 1. The highest BCUT2D eigenvalue weighted by atomic mass is 32.1. The summed E-state index contributed by atoms with van der Waals surface area (Å²) in [6, 6.07) is -0.527. The molecule has 1 amide bonds. The number of carbonyl (C=O) groups is 1. The number of carbonyl (C=O) groups excluding carboxylic acids is 1. The summed E-state index contributed by atoms with van der Waals surface area (Å²) in [5.41, 5.74) is 6.83. The number of nitrogens with zero attached hydrogens (tertiary/aromatic N) is 2. The van der Waals surface area contributed by atoms with Gasteiger partial charge < -0.3 is 11.1 Å². The van der Waals surface area contributed by atoms with Gasteiger partial charge in [0, 0.05) is 22.5 Å². The van der Waals surface area contributed by atoms with Crippen molar-refractivity contribution in [1.29, 1.82) is 0 Å². The Bertz CT molecular complexity index is 805. The van der Waals surface area contributed by atoms with E-state index in [0.29, 0.717) is 41.8 Å². The van der Waals surface area contributed by atoms with E-state index in [1.807, 2.05) is 0 Å². The van der Waals surface area contributed by atoms with Crippen LogP contribution in [0.15, 0.2) is 22.5 Å². The summed E-state index contributed by atoms with van der Waals surface area (Å²) in [6.45, 7) is 5.86. The van der Waals surface area contributed by atoms with Gasteiger partial charge in [-0.1, -0.05) is 6.58 Å². The van der Waals surface area contributed by atoms with Crippen molar-refractivity contribution in [2.45, 2.75) is 32.4 Å². The van der Waals surface area contributed by atoms with E-state index in [-0.39, 0.29) is 11.5 Å². The number of hydrogen-bond donors (Lipinski definition) is 2. The van der Waals surface area contributed by atoms with E-state index < -0.39 is 6.04 Å². The van der Waals surface area contributed by atoms with Crippen molar-refractivity contribution < 1.29 is 4.79 Å². The molecule has 110 valence electrons. The summed E-state index contributed by atoms with van der Waals surface area (Å²) in [5.74, 6) is 0.333. The fourth-order valence-electron chi connectivity index (χ4n) is 2.68. The highest BCUT2D eigenvalue weighted by molar-refractivity contribution is 7.11.